The van der Waals surface area contributed by atoms with Crippen molar-refractivity contribution in [1.29, 1.82) is 0 Å². The summed E-state index contributed by atoms with van der Waals surface area (Å²) in [6.45, 7) is 7.73. The number of carboxylic acid groups (broad SMARTS) is 1. The van der Waals surface area contributed by atoms with Crippen LogP contribution in [0.25, 0.3) is 6.08 Å². The first-order valence-electron chi connectivity index (χ1n) is 7.10. The van der Waals surface area contributed by atoms with Gasteiger partial charge in [-0.1, -0.05) is 26.0 Å². The van der Waals surface area contributed by atoms with Crippen LogP contribution in [0.15, 0.2) is 24.3 Å². The Bertz CT molecular complexity index is 602. The molecule has 0 saturated carbocycles. The smallest absolute Gasteiger partial charge is 0.328 e. The molecule has 1 aromatic rings. The van der Waals surface area contributed by atoms with E-state index in [-0.39, 0.29) is 11.3 Å². The average molecular weight is 287 g/mol. The van der Waals surface area contributed by atoms with E-state index in [4.69, 9.17) is 5.11 Å². The van der Waals surface area contributed by atoms with Gasteiger partial charge in [0.2, 0.25) is 0 Å². The monoisotopic (exact) mass is 287 g/mol. The first kappa shape index (κ1) is 15.3. The maximum absolute atomic E-state index is 12.6. The lowest BCUT2D eigenvalue weighted by molar-refractivity contribution is -0.131. The van der Waals surface area contributed by atoms with E-state index in [2.05, 4.69) is 13.8 Å². The van der Waals surface area contributed by atoms with Crippen LogP contribution in [-0.4, -0.2) is 35.0 Å². The minimum atomic E-state index is -0.993. The molecular weight excluding hydrogens is 266 g/mol. The van der Waals surface area contributed by atoms with Crippen LogP contribution < -0.4 is 0 Å². The number of hydrogen-bond donors (Lipinski definition) is 1. The first-order valence-corrected chi connectivity index (χ1v) is 7.10. The highest BCUT2D eigenvalue weighted by atomic mass is 16.4. The normalized spacial score (nSPS) is 17.4. The van der Waals surface area contributed by atoms with Gasteiger partial charge in [-0.15, -0.1) is 0 Å². The van der Waals surface area contributed by atoms with Crippen molar-refractivity contribution in [2.24, 2.45) is 5.41 Å². The summed E-state index contributed by atoms with van der Waals surface area (Å²) in [5.74, 6) is -0.962. The third-order valence-corrected chi connectivity index (χ3v) is 3.98. The molecule has 1 amide bonds. The van der Waals surface area contributed by atoms with Crippen LogP contribution in [0.2, 0.25) is 0 Å². The zero-order valence-corrected chi connectivity index (χ0v) is 12.7. The van der Waals surface area contributed by atoms with Crippen molar-refractivity contribution < 1.29 is 14.7 Å². The summed E-state index contributed by atoms with van der Waals surface area (Å²) in [7, 11) is 0. The standard InChI is InChI=1S/C17H21NO3/c1-12-13(7-8-15(19)20)5-4-6-14(12)16(21)18-10-9-17(2,3)11-18/h4-8H,9-11H2,1-3H3,(H,19,20)/b8-7+. The minimum absolute atomic E-state index is 0.0312. The van der Waals surface area contributed by atoms with Gasteiger partial charge in [0.05, 0.1) is 0 Å². The van der Waals surface area contributed by atoms with Gasteiger partial charge in [0.25, 0.3) is 5.91 Å². The molecule has 0 atom stereocenters. The molecule has 1 aliphatic heterocycles. The van der Waals surface area contributed by atoms with Gasteiger partial charge in [0.15, 0.2) is 0 Å². The van der Waals surface area contributed by atoms with Gasteiger partial charge >= 0.3 is 5.97 Å². The summed E-state index contributed by atoms with van der Waals surface area (Å²) in [6, 6.07) is 5.42. The molecule has 0 aliphatic carbocycles. The number of rotatable bonds is 3. The van der Waals surface area contributed by atoms with Gasteiger partial charge in [0, 0.05) is 24.7 Å². The molecule has 0 radical (unpaired) electrons. The van der Waals surface area contributed by atoms with Gasteiger partial charge in [0.1, 0.15) is 0 Å². The Morgan fingerprint density at radius 3 is 2.62 bits per heavy atom. The predicted octanol–water partition coefficient (Wildman–Crippen LogP) is 2.96. The van der Waals surface area contributed by atoms with Crippen molar-refractivity contribution in [2.45, 2.75) is 27.2 Å². The van der Waals surface area contributed by atoms with Crippen molar-refractivity contribution in [3.63, 3.8) is 0 Å². The number of carbonyl (C=O) groups excluding carboxylic acids is 1. The van der Waals surface area contributed by atoms with Gasteiger partial charge in [-0.3, -0.25) is 4.79 Å². The van der Waals surface area contributed by atoms with E-state index in [1.54, 1.807) is 12.1 Å². The van der Waals surface area contributed by atoms with Crippen molar-refractivity contribution in [3.05, 3.63) is 41.0 Å². The van der Waals surface area contributed by atoms with Crippen LogP contribution in [0.5, 0.6) is 0 Å². The van der Waals surface area contributed by atoms with Crippen LogP contribution in [0.1, 0.15) is 41.8 Å². The molecule has 0 bridgehead atoms. The second-order valence-corrected chi connectivity index (χ2v) is 6.33. The predicted molar refractivity (Wildman–Crippen MR) is 82.2 cm³/mol. The maximum atomic E-state index is 12.6. The van der Waals surface area contributed by atoms with E-state index in [1.807, 2.05) is 17.9 Å². The fraction of sp³-hybridized carbons (Fsp3) is 0.412. The number of benzene rings is 1. The third-order valence-electron chi connectivity index (χ3n) is 3.98. The van der Waals surface area contributed by atoms with E-state index < -0.39 is 5.97 Å². The Balaban J connectivity index is 2.26. The fourth-order valence-electron chi connectivity index (χ4n) is 2.68. The summed E-state index contributed by atoms with van der Waals surface area (Å²) in [4.78, 5) is 25.1. The molecule has 1 aromatic carbocycles. The van der Waals surface area contributed by atoms with E-state index in [0.29, 0.717) is 5.56 Å². The zero-order chi connectivity index (χ0) is 15.6. The lowest BCUT2D eigenvalue weighted by Crippen LogP contribution is -2.30. The topological polar surface area (TPSA) is 57.6 Å². The second kappa shape index (κ2) is 5.72. The molecule has 112 valence electrons. The number of carbonyl (C=O) groups is 2. The molecule has 1 aliphatic rings. The minimum Gasteiger partial charge on any atom is -0.478 e. The number of carboxylic acids is 1. The van der Waals surface area contributed by atoms with Crippen LogP contribution in [0.4, 0.5) is 0 Å². The Morgan fingerprint density at radius 2 is 2.05 bits per heavy atom. The molecular formula is C17H21NO3. The van der Waals surface area contributed by atoms with E-state index >= 15 is 0 Å². The second-order valence-electron chi connectivity index (χ2n) is 6.33. The molecule has 0 unspecified atom stereocenters. The summed E-state index contributed by atoms with van der Waals surface area (Å²) in [6.07, 6.45) is 3.63. The Hall–Kier alpha value is -2.10. The highest BCUT2D eigenvalue weighted by Gasteiger charge is 2.32. The van der Waals surface area contributed by atoms with Crippen molar-refractivity contribution in [2.75, 3.05) is 13.1 Å². The Kier molecular flexibility index (Phi) is 4.16. The van der Waals surface area contributed by atoms with Gasteiger partial charge < -0.3 is 10.0 Å². The Labute approximate surface area is 125 Å². The van der Waals surface area contributed by atoms with Crippen LogP contribution >= 0.6 is 0 Å². The molecule has 0 aromatic heterocycles. The molecule has 1 fully saturated rings. The number of hydrogen-bond acceptors (Lipinski definition) is 2. The summed E-state index contributed by atoms with van der Waals surface area (Å²) in [5, 5.41) is 8.71. The van der Waals surface area contributed by atoms with Crippen LogP contribution in [0.3, 0.4) is 0 Å². The fourth-order valence-corrected chi connectivity index (χ4v) is 2.68. The molecule has 4 heteroatoms. The highest BCUT2D eigenvalue weighted by molar-refractivity contribution is 5.97. The number of amides is 1. The van der Waals surface area contributed by atoms with Crippen LogP contribution in [-0.2, 0) is 4.79 Å². The summed E-state index contributed by atoms with van der Waals surface area (Å²) in [5.41, 5.74) is 2.41. The molecule has 21 heavy (non-hydrogen) atoms. The molecule has 2 rings (SSSR count). The van der Waals surface area contributed by atoms with Crippen LogP contribution in [0, 0.1) is 12.3 Å². The first-order chi connectivity index (χ1) is 9.80. The van der Waals surface area contributed by atoms with E-state index in [9.17, 15) is 9.59 Å². The third kappa shape index (κ3) is 3.51. The van der Waals surface area contributed by atoms with Gasteiger partial charge in [-0.05, 0) is 42.0 Å². The SMILES string of the molecule is Cc1c(/C=C/C(=O)O)cccc1C(=O)N1CCC(C)(C)C1. The summed E-state index contributed by atoms with van der Waals surface area (Å²) < 4.78 is 0. The average Bonchev–Trinajstić information content (AvgIpc) is 2.77. The van der Waals surface area contributed by atoms with E-state index in [0.717, 1.165) is 36.7 Å². The Morgan fingerprint density at radius 1 is 1.33 bits per heavy atom. The van der Waals surface area contributed by atoms with Crippen molar-refractivity contribution in [1.82, 2.24) is 4.90 Å². The molecule has 1 saturated heterocycles. The lowest BCUT2D eigenvalue weighted by atomic mass is 9.93. The summed E-state index contributed by atoms with van der Waals surface area (Å²) >= 11 is 0. The zero-order valence-electron chi connectivity index (χ0n) is 12.7. The quantitative estimate of drug-likeness (QED) is 0.870. The van der Waals surface area contributed by atoms with Crippen molar-refractivity contribution >= 4 is 18.0 Å². The molecule has 0 spiro atoms. The number of likely N-dealkylation sites (tertiary alicyclic amines) is 1. The number of aliphatic carboxylic acids is 1. The highest BCUT2D eigenvalue weighted by Crippen LogP contribution is 2.30. The lowest BCUT2D eigenvalue weighted by Gasteiger charge is -2.21. The molecule has 1 heterocycles. The van der Waals surface area contributed by atoms with Gasteiger partial charge in [-0.2, -0.15) is 0 Å². The number of nitrogens with zero attached hydrogens (tertiary/aromatic N) is 1. The molecule has 1 N–H and O–H groups in total. The molecule has 4 nitrogen and oxygen atoms in total. The maximum Gasteiger partial charge on any atom is 0.328 e. The van der Waals surface area contributed by atoms with Crippen molar-refractivity contribution in [3.8, 4) is 0 Å². The van der Waals surface area contributed by atoms with E-state index in [1.165, 1.54) is 6.08 Å². The van der Waals surface area contributed by atoms with Gasteiger partial charge in [-0.25, -0.2) is 4.79 Å². The largest absolute Gasteiger partial charge is 0.478 e.